The van der Waals surface area contributed by atoms with E-state index >= 15 is 8.78 Å². The van der Waals surface area contributed by atoms with Crippen LogP contribution in [0.25, 0.3) is 22.6 Å². The Morgan fingerprint density at radius 3 is 2.51 bits per heavy atom. The highest BCUT2D eigenvalue weighted by molar-refractivity contribution is 5.79. The number of alkyl halides is 2. The number of hydrogen-bond donors (Lipinski definition) is 2. The fraction of sp³-hybridized carbons (Fsp3) is 0.237. The molecule has 1 aliphatic heterocycles. The minimum atomic E-state index is -3.17. The number of benzene rings is 3. The Balaban J connectivity index is 1.41. The normalized spacial score (nSPS) is 26.8. The first kappa shape index (κ1) is 29.2. The summed E-state index contributed by atoms with van der Waals surface area (Å²) in [5, 5.41) is 36.8. The number of pyridine rings is 2. The smallest absolute Gasteiger partial charge is 0.272 e. The highest BCUT2D eigenvalue weighted by atomic mass is 19.3. The average Bonchev–Trinajstić information content (AvgIpc) is 3.46. The second kappa shape index (κ2) is 10.4. The highest BCUT2D eigenvalue weighted by Gasteiger charge is 2.76. The van der Waals surface area contributed by atoms with Gasteiger partial charge < -0.3 is 19.7 Å². The van der Waals surface area contributed by atoms with Crippen molar-refractivity contribution in [1.82, 2.24) is 9.97 Å². The molecule has 1 saturated carbocycles. The van der Waals surface area contributed by atoms with Crippen LogP contribution in [0.1, 0.15) is 41.0 Å². The number of fused-ring (bicyclic) bond motifs is 5. The lowest BCUT2D eigenvalue weighted by atomic mass is 9.70. The Kier molecular flexibility index (Phi) is 6.49. The van der Waals surface area contributed by atoms with E-state index in [1.807, 2.05) is 54.6 Å². The molecule has 0 bridgehead atoms. The number of aliphatic hydroxyl groups is 2. The van der Waals surface area contributed by atoms with E-state index in [-0.39, 0.29) is 28.8 Å². The Morgan fingerprint density at radius 1 is 1.02 bits per heavy atom. The van der Waals surface area contributed by atoms with Gasteiger partial charge in [-0.3, -0.25) is 4.98 Å². The molecule has 9 heteroatoms. The van der Waals surface area contributed by atoms with Crippen LogP contribution < -0.4 is 20.0 Å². The van der Waals surface area contributed by atoms with Crippen LogP contribution in [0.3, 0.4) is 0 Å². The number of aromatic nitrogens is 2. The Hall–Kier alpha value is -5.17. The van der Waals surface area contributed by atoms with Gasteiger partial charge >= 0.3 is 0 Å². The molecule has 1 fully saturated rings. The molecule has 0 unspecified atom stereocenters. The van der Waals surface area contributed by atoms with Gasteiger partial charge in [0.05, 0.1) is 53.7 Å². The number of methoxy groups -OCH3 is 1. The van der Waals surface area contributed by atoms with E-state index in [2.05, 4.69) is 16.0 Å². The third-order valence-corrected chi connectivity index (χ3v) is 10.0. The molecule has 234 valence electrons. The van der Waals surface area contributed by atoms with Gasteiger partial charge in [-0.2, -0.15) is 5.26 Å². The number of nitriles is 1. The van der Waals surface area contributed by atoms with Crippen LogP contribution in [0, 0.1) is 17.2 Å². The van der Waals surface area contributed by atoms with Crippen molar-refractivity contribution in [3.8, 4) is 17.6 Å². The zero-order valence-electron chi connectivity index (χ0n) is 25.3. The first-order valence-electron chi connectivity index (χ1n) is 15.4. The van der Waals surface area contributed by atoms with E-state index in [1.54, 1.807) is 30.3 Å². The van der Waals surface area contributed by atoms with E-state index in [0.29, 0.717) is 27.4 Å². The predicted molar refractivity (Wildman–Crippen MR) is 170 cm³/mol. The average molecular weight is 630 g/mol. The fourth-order valence-corrected chi connectivity index (χ4v) is 8.17. The lowest BCUT2D eigenvalue weighted by molar-refractivity contribution is -0.152. The van der Waals surface area contributed by atoms with Crippen molar-refractivity contribution in [3.05, 3.63) is 130 Å². The largest absolute Gasteiger partial charge is 0.495 e. The number of ether oxygens (including phenoxy) is 2. The zero-order chi connectivity index (χ0) is 32.6. The highest BCUT2D eigenvalue weighted by Crippen LogP contribution is 2.70. The van der Waals surface area contributed by atoms with Crippen molar-refractivity contribution in [3.63, 3.8) is 0 Å². The van der Waals surface area contributed by atoms with Crippen molar-refractivity contribution < 1.29 is 28.5 Å². The Labute approximate surface area is 268 Å². The first-order chi connectivity index (χ1) is 22.7. The number of aliphatic hydroxyl groups excluding tert-OH is 1. The monoisotopic (exact) mass is 629 g/mol. The van der Waals surface area contributed by atoms with Gasteiger partial charge in [0.15, 0.2) is 11.2 Å². The molecule has 0 radical (unpaired) electrons. The molecule has 0 saturated heterocycles. The number of halogens is 2. The quantitative estimate of drug-likeness (QED) is 0.287. The molecule has 3 aliphatic rings. The molecule has 7 nitrogen and oxygen atoms in total. The van der Waals surface area contributed by atoms with Crippen molar-refractivity contribution >= 4 is 22.6 Å². The topological polar surface area (TPSA) is 108 Å². The van der Waals surface area contributed by atoms with E-state index in [4.69, 9.17) is 9.47 Å². The standard InChI is InChI=1S/C38H29F2N3O4/c1-46-31-20-42-21-32-34(31)37(45)35(44)28(16-25-17-36(39,40)18-30-27(25)15-24-9-5-6-10-29(24)43-30)33(23-7-3-2-4-8-23)38(37,47-32)26-13-11-22(19-41)12-14-26/h2-15,18,20-21,28,33,35,44-45H,16-17H2,1H3/t28-,33+,35+,37-,38-/m0/s1. The molecule has 2 aromatic heterocycles. The van der Waals surface area contributed by atoms with Gasteiger partial charge in [-0.05, 0) is 41.8 Å². The van der Waals surface area contributed by atoms with Crippen molar-refractivity contribution in [1.29, 1.82) is 5.26 Å². The number of rotatable bonds is 5. The first-order valence-corrected chi connectivity index (χ1v) is 15.4. The molecule has 5 atom stereocenters. The van der Waals surface area contributed by atoms with Gasteiger partial charge in [-0.15, -0.1) is 0 Å². The minimum absolute atomic E-state index is 0.0175. The van der Waals surface area contributed by atoms with E-state index < -0.39 is 41.5 Å². The van der Waals surface area contributed by atoms with Gasteiger partial charge in [0.2, 0.25) is 0 Å². The summed E-state index contributed by atoms with van der Waals surface area (Å²) in [5.41, 5.74) is -0.841. The third kappa shape index (κ3) is 4.15. The van der Waals surface area contributed by atoms with Crippen LogP contribution in [-0.4, -0.2) is 39.3 Å². The summed E-state index contributed by atoms with van der Waals surface area (Å²) in [7, 11) is 1.45. The lowest BCUT2D eigenvalue weighted by Crippen LogP contribution is -2.52. The van der Waals surface area contributed by atoms with Gasteiger partial charge in [0, 0.05) is 34.9 Å². The lowest BCUT2D eigenvalue weighted by Gasteiger charge is -2.41. The van der Waals surface area contributed by atoms with Crippen molar-refractivity contribution in [2.75, 3.05) is 7.11 Å². The van der Waals surface area contributed by atoms with Gasteiger partial charge in [-0.1, -0.05) is 66.2 Å². The second-order valence-corrected chi connectivity index (χ2v) is 12.5. The number of hydrogen-bond acceptors (Lipinski definition) is 7. The molecule has 2 aliphatic carbocycles. The van der Waals surface area contributed by atoms with Crippen LogP contribution in [-0.2, 0) is 11.2 Å². The summed E-state index contributed by atoms with van der Waals surface area (Å²) < 4.78 is 43.4. The molecule has 47 heavy (non-hydrogen) atoms. The van der Waals surface area contributed by atoms with E-state index in [0.717, 1.165) is 17.0 Å². The van der Waals surface area contributed by atoms with Crippen molar-refractivity contribution in [2.24, 2.45) is 5.92 Å². The molecule has 0 amide bonds. The van der Waals surface area contributed by atoms with Crippen LogP contribution in [0.4, 0.5) is 8.78 Å². The maximum atomic E-state index is 15.4. The number of nitrogens with zero attached hydrogens (tertiary/aromatic N) is 3. The van der Waals surface area contributed by atoms with Gasteiger partial charge in [-0.25, -0.2) is 13.8 Å². The molecule has 3 heterocycles. The maximum Gasteiger partial charge on any atom is 0.272 e. The predicted octanol–water partition coefficient (Wildman–Crippen LogP) is 4.82. The molecule has 2 N–H and O–H groups in total. The number of para-hydroxylation sites is 1. The van der Waals surface area contributed by atoms with Crippen molar-refractivity contribution in [2.45, 2.75) is 42.0 Å². The SMILES string of the molecule is COc1cncc2c1[C@]1(O)[C@H](O)[C@@H](CC3=c4cc5ccccc5nc4=CC(F)(F)C3)[C@@H](c3ccccc3)[C@]1(c1ccc(C#N)cc1)O2. The third-order valence-electron chi connectivity index (χ3n) is 10.0. The molecule has 8 rings (SSSR count). The Morgan fingerprint density at radius 2 is 1.77 bits per heavy atom. The molecule has 3 aromatic carbocycles. The maximum absolute atomic E-state index is 15.4. The van der Waals surface area contributed by atoms with Gasteiger partial charge in [0.25, 0.3) is 5.92 Å². The van der Waals surface area contributed by atoms with E-state index in [1.165, 1.54) is 19.5 Å². The van der Waals surface area contributed by atoms with Crippen LogP contribution >= 0.6 is 0 Å². The minimum Gasteiger partial charge on any atom is -0.495 e. The fourth-order valence-electron chi connectivity index (χ4n) is 8.17. The summed E-state index contributed by atoms with van der Waals surface area (Å²) in [6, 6.07) is 27.4. The summed E-state index contributed by atoms with van der Waals surface area (Å²) in [6.45, 7) is 0. The van der Waals surface area contributed by atoms with Crippen LogP contribution in [0.5, 0.6) is 11.5 Å². The van der Waals surface area contributed by atoms with Crippen LogP contribution in [0.15, 0.2) is 97.3 Å². The summed E-state index contributed by atoms with van der Waals surface area (Å²) >= 11 is 0. The van der Waals surface area contributed by atoms with Crippen LogP contribution in [0.2, 0.25) is 0 Å². The second-order valence-electron chi connectivity index (χ2n) is 12.5. The molecule has 5 aromatic rings. The summed E-state index contributed by atoms with van der Waals surface area (Å²) in [6.07, 6.45) is 1.79. The van der Waals surface area contributed by atoms with Gasteiger partial charge in [0.1, 0.15) is 11.5 Å². The van der Waals surface area contributed by atoms with E-state index in [9.17, 15) is 15.5 Å². The summed E-state index contributed by atoms with van der Waals surface area (Å²) in [5.74, 6) is -4.27. The molecular weight excluding hydrogens is 600 g/mol. The Bertz CT molecular complexity index is 2220. The molecule has 0 spiro atoms. The summed E-state index contributed by atoms with van der Waals surface area (Å²) in [4.78, 5) is 8.85. The zero-order valence-corrected chi connectivity index (χ0v) is 25.3. The molecular formula is C38H29F2N3O4.